The SMILES string of the molecule is COc1ccc(CCC2COCCN2)c(OC)c1C. The van der Waals surface area contributed by atoms with Gasteiger partial charge in [0.25, 0.3) is 0 Å². The molecule has 1 heterocycles. The van der Waals surface area contributed by atoms with E-state index in [4.69, 9.17) is 14.2 Å². The Labute approximate surface area is 115 Å². The van der Waals surface area contributed by atoms with Crippen molar-refractivity contribution in [1.29, 1.82) is 0 Å². The van der Waals surface area contributed by atoms with Crippen LogP contribution >= 0.6 is 0 Å². The Morgan fingerprint density at radius 1 is 1.32 bits per heavy atom. The Morgan fingerprint density at radius 2 is 2.16 bits per heavy atom. The third-order valence-electron chi connectivity index (χ3n) is 3.62. The summed E-state index contributed by atoms with van der Waals surface area (Å²) in [6, 6.07) is 4.55. The van der Waals surface area contributed by atoms with Crippen molar-refractivity contribution in [2.45, 2.75) is 25.8 Å². The van der Waals surface area contributed by atoms with Crippen LogP contribution in [0.25, 0.3) is 0 Å². The molecule has 0 aromatic heterocycles. The summed E-state index contributed by atoms with van der Waals surface area (Å²) < 4.78 is 16.3. The van der Waals surface area contributed by atoms with Crippen LogP contribution in [0.3, 0.4) is 0 Å². The molecule has 1 aromatic carbocycles. The highest BCUT2D eigenvalue weighted by molar-refractivity contribution is 5.49. The van der Waals surface area contributed by atoms with Gasteiger partial charge in [0.05, 0.1) is 27.4 Å². The van der Waals surface area contributed by atoms with E-state index in [9.17, 15) is 0 Å². The lowest BCUT2D eigenvalue weighted by Gasteiger charge is -2.24. The van der Waals surface area contributed by atoms with E-state index in [0.29, 0.717) is 6.04 Å². The fourth-order valence-electron chi connectivity index (χ4n) is 2.57. The van der Waals surface area contributed by atoms with Crippen molar-refractivity contribution in [1.82, 2.24) is 5.32 Å². The fourth-order valence-corrected chi connectivity index (χ4v) is 2.57. The van der Waals surface area contributed by atoms with Gasteiger partial charge < -0.3 is 19.5 Å². The number of hydrogen-bond donors (Lipinski definition) is 1. The van der Waals surface area contributed by atoms with Crippen LogP contribution in [-0.4, -0.2) is 40.0 Å². The summed E-state index contributed by atoms with van der Waals surface area (Å²) >= 11 is 0. The highest BCUT2D eigenvalue weighted by atomic mass is 16.5. The Morgan fingerprint density at radius 3 is 2.79 bits per heavy atom. The largest absolute Gasteiger partial charge is 0.496 e. The van der Waals surface area contributed by atoms with Crippen LogP contribution in [-0.2, 0) is 11.2 Å². The van der Waals surface area contributed by atoms with Crippen LogP contribution in [0, 0.1) is 6.92 Å². The first-order valence-electron chi connectivity index (χ1n) is 6.78. The summed E-state index contributed by atoms with van der Waals surface area (Å²) in [5, 5.41) is 3.47. The molecule has 1 fully saturated rings. The zero-order chi connectivity index (χ0) is 13.7. The predicted molar refractivity (Wildman–Crippen MR) is 75.2 cm³/mol. The molecule has 0 amide bonds. The molecule has 19 heavy (non-hydrogen) atoms. The second kappa shape index (κ2) is 6.78. The molecule has 1 aromatic rings. The molecule has 2 rings (SSSR count). The minimum Gasteiger partial charge on any atom is -0.496 e. The number of nitrogens with one attached hydrogen (secondary N) is 1. The van der Waals surface area contributed by atoms with Gasteiger partial charge in [-0.2, -0.15) is 0 Å². The zero-order valence-corrected chi connectivity index (χ0v) is 12.0. The number of aryl methyl sites for hydroxylation is 1. The van der Waals surface area contributed by atoms with E-state index in [1.807, 2.05) is 13.0 Å². The van der Waals surface area contributed by atoms with Crippen molar-refractivity contribution in [2.24, 2.45) is 0 Å². The summed E-state index contributed by atoms with van der Waals surface area (Å²) in [6.07, 6.45) is 2.04. The molecule has 1 saturated heterocycles. The Balaban J connectivity index is 2.04. The molecule has 0 aliphatic carbocycles. The van der Waals surface area contributed by atoms with E-state index in [-0.39, 0.29) is 0 Å². The Kier molecular flexibility index (Phi) is 5.05. The average Bonchev–Trinajstić information content (AvgIpc) is 2.46. The van der Waals surface area contributed by atoms with Crippen LogP contribution in [0.2, 0.25) is 0 Å². The number of benzene rings is 1. The topological polar surface area (TPSA) is 39.7 Å². The molecule has 1 aliphatic heterocycles. The summed E-state index contributed by atoms with van der Waals surface area (Å²) in [5.41, 5.74) is 2.29. The van der Waals surface area contributed by atoms with Gasteiger partial charge in [-0.25, -0.2) is 0 Å². The van der Waals surface area contributed by atoms with Gasteiger partial charge >= 0.3 is 0 Å². The molecule has 0 spiro atoms. The Hall–Kier alpha value is -1.26. The smallest absolute Gasteiger partial charge is 0.128 e. The second-order valence-corrected chi connectivity index (χ2v) is 4.85. The van der Waals surface area contributed by atoms with Gasteiger partial charge in [0.1, 0.15) is 11.5 Å². The van der Waals surface area contributed by atoms with Gasteiger partial charge in [-0.3, -0.25) is 0 Å². The number of ether oxygens (including phenoxy) is 3. The maximum absolute atomic E-state index is 5.53. The lowest BCUT2D eigenvalue weighted by molar-refractivity contribution is 0.0743. The number of methoxy groups -OCH3 is 2. The van der Waals surface area contributed by atoms with Crippen LogP contribution in [0.4, 0.5) is 0 Å². The molecular weight excluding hydrogens is 242 g/mol. The minimum absolute atomic E-state index is 0.445. The maximum atomic E-state index is 5.53. The number of rotatable bonds is 5. The maximum Gasteiger partial charge on any atom is 0.128 e. The van der Waals surface area contributed by atoms with Gasteiger partial charge in [0, 0.05) is 18.2 Å². The van der Waals surface area contributed by atoms with Gasteiger partial charge in [-0.1, -0.05) is 6.07 Å². The van der Waals surface area contributed by atoms with Crippen molar-refractivity contribution in [2.75, 3.05) is 34.0 Å². The molecule has 4 nitrogen and oxygen atoms in total. The highest BCUT2D eigenvalue weighted by Crippen LogP contribution is 2.32. The van der Waals surface area contributed by atoms with Gasteiger partial charge in [-0.15, -0.1) is 0 Å². The second-order valence-electron chi connectivity index (χ2n) is 4.85. The minimum atomic E-state index is 0.445. The third-order valence-corrected chi connectivity index (χ3v) is 3.62. The van der Waals surface area contributed by atoms with Crippen LogP contribution in [0.1, 0.15) is 17.5 Å². The normalized spacial score (nSPS) is 19.2. The van der Waals surface area contributed by atoms with Crippen molar-refractivity contribution in [3.05, 3.63) is 23.3 Å². The zero-order valence-electron chi connectivity index (χ0n) is 12.0. The lowest BCUT2D eigenvalue weighted by atomic mass is 10.0. The van der Waals surface area contributed by atoms with E-state index in [1.54, 1.807) is 14.2 Å². The third kappa shape index (κ3) is 3.39. The molecule has 4 heteroatoms. The van der Waals surface area contributed by atoms with Gasteiger partial charge in [0.2, 0.25) is 0 Å². The lowest BCUT2D eigenvalue weighted by Crippen LogP contribution is -2.41. The van der Waals surface area contributed by atoms with Crippen LogP contribution < -0.4 is 14.8 Å². The quantitative estimate of drug-likeness (QED) is 0.883. The van der Waals surface area contributed by atoms with E-state index in [0.717, 1.165) is 49.7 Å². The summed E-state index contributed by atoms with van der Waals surface area (Å²) in [5.74, 6) is 1.82. The first-order valence-corrected chi connectivity index (χ1v) is 6.78. The standard InChI is InChI=1S/C15H23NO3/c1-11-14(17-2)7-5-12(15(11)18-3)4-6-13-10-19-9-8-16-13/h5,7,13,16H,4,6,8-10H2,1-3H3. The van der Waals surface area contributed by atoms with Crippen molar-refractivity contribution < 1.29 is 14.2 Å². The van der Waals surface area contributed by atoms with Crippen LogP contribution in [0.15, 0.2) is 12.1 Å². The van der Waals surface area contributed by atoms with Crippen molar-refractivity contribution in [3.8, 4) is 11.5 Å². The van der Waals surface area contributed by atoms with E-state index >= 15 is 0 Å². The molecule has 0 bridgehead atoms. The number of morpholine rings is 1. The molecule has 1 N–H and O–H groups in total. The molecular formula is C15H23NO3. The van der Waals surface area contributed by atoms with E-state index < -0.39 is 0 Å². The van der Waals surface area contributed by atoms with E-state index in [1.165, 1.54) is 5.56 Å². The monoisotopic (exact) mass is 265 g/mol. The summed E-state index contributed by atoms with van der Waals surface area (Å²) in [4.78, 5) is 0. The average molecular weight is 265 g/mol. The molecule has 0 saturated carbocycles. The summed E-state index contributed by atoms with van der Waals surface area (Å²) in [6.45, 7) is 4.60. The molecule has 0 radical (unpaired) electrons. The highest BCUT2D eigenvalue weighted by Gasteiger charge is 2.16. The van der Waals surface area contributed by atoms with Crippen molar-refractivity contribution in [3.63, 3.8) is 0 Å². The first kappa shape index (κ1) is 14.2. The summed E-state index contributed by atoms with van der Waals surface area (Å²) in [7, 11) is 3.40. The molecule has 1 aliphatic rings. The molecule has 1 atom stereocenters. The molecule has 1 unspecified atom stereocenters. The Bertz CT molecular complexity index is 414. The van der Waals surface area contributed by atoms with Crippen LogP contribution in [0.5, 0.6) is 11.5 Å². The fraction of sp³-hybridized carbons (Fsp3) is 0.600. The number of hydrogen-bond acceptors (Lipinski definition) is 4. The van der Waals surface area contributed by atoms with Crippen molar-refractivity contribution >= 4 is 0 Å². The van der Waals surface area contributed by atoms with Gasteiger partial charge in [0.15, 0.2) is 0 Å². The first-order chi connectivity index (χ1) is 9.26. The van der Waals surface area contributed by atoms with E-state index in [2.05, 4.69) is 11.4 Å². The predicted octanol–water partition coefficient (Wildman–Crippen LogP) is 1.93. The molecule has 106 valence electrons. The van der Waals surface area contributed by atoms with Gasteiger partial charge in [-0.05, 0) is 31.4 Å².